The molecule has 0 aliphatic heterocycles. The molecule has 0 unspecified atom stereocenters. The molecule has 2 fully saturated rings. The first-order valence-corrected chi connectivity index (χ1v) is 19.2. The van der Waals surface area contributed by atoms with Crippen LogP contribution >= 0.6 is 7.14 Å². The van der Waals surface area contributed by atoms with Crippen LogP contribution in [-0.2, 0) is 43.9 Å². The first-order chi connectivity index (χ1) is 21.3. The molecule has 3 aromatic carbocycles. The molecule has 3 aliphatic rings. The molecule has 0 spiro atoms. The van der Waals surface area contributed by atoms with Crippen molar-refractivity contribution in [3.63, 3.8) is 0 Å². The molecular formula is C41H50IrNOP-2. The number of benzene rings is 3. The SMILES string of the molecule is Cc1[c-]c2c(c(C)c1)CCc1cc3c(CC(C)C)cccc3nc1-2.O=P(c1[c-]cccc1)(C1CCCCC1)C1CCCCC1.[Ir]. The molecule has 3 aliphatic carbocycles. The zero-order valence-electron chi connectivity index (χ0n) is 27.8. The predicted molar refractivity (Wildman–Crippen MR) is 188 cm³/mol. The molecule has 2 nitrogen and oxygen atoms in total. The van der Waals surface area contributed by atoms with Gasteiger partial charge >= 0.3 is 0 Å². The Balaban J connectivity index is 0.000000177. The Kier molecular flexibility index (Phi) is 11.6. The van der Waals surface area contributed by atoms with Gasteiger partial charge in [-0.25, -0.2) is 0 Å². The quantitative estimate of drug-likeness (QED) is 0.149. The Morgan fingerprint density at radius 3 is 2.18 bits per heavy atom. The van der Waals surface area contributed by atoms with Crippen LogP contribution in [0, 0.1) is 31.9 Å². The number of aromatic nitrogens is 1. The van der Waals surface area contributed by atoms with Crippen LogP contribution in [0.2, 0.25) is 0 Å². The van der Waals surface area contributed by atoms with E-state index in [1.165, 1.54) is 103 Å². The van der Waals surface area contributed by atoms with Crippen molar-refractivity contribution in [1.82, 2.24) is 4.98 Å². The first kappa shape index (κ1) is 34.3. The number of hydrogen-bond acceptors (Lipinski definition) is 2. The van der Waals surface area contributed by atoms with Crippen molar-refractivity contribution in [2.75, 3.05) is 0 Å². The fourth-order valence-electron chi connectivity index (χ4n) is 8.25. The van der Waals surface area contributed by atoms with Crippen molar-refractivity contribution in [2.24, 2.45) is 5.92 Å². The molecule has 2 saturated carbocycles. The molecule has 7 rings (SSSR count). The van der Waals surface area contributed by atoms with Crippen molar-refractivity contribution in [3.05, 3.63) is 94.5 Å². The second kappa shape index (κ2) is 15.2. The number of rotatable bonds is 5. The minimum Gasteiger partial charge on any atom is -0.320 e. The smallest absolute Gasteiger partial charge is 0.0978 e. The molecular weight excluding hydrogens is 746 g/mol. The molecule has 4 heteroatoms. The molecule has 241 valence electrons. The van der Waals surface area contributed by atoms with Gasteiger partial charge < -0.3 is 4.57 Å². The van der Waals surface area contributed by atoms with E-state index >= 15 is 0 Å². The fourth-order valence-corrected chi connectivity index (χ4v) is 12.5. The summed E-state index contributed by atoms with van der Waals surface area (Å²) in [5, 5.41) is 2.39. The third-order valence-corrected chi connectivity index (χ3v) is 14.6. The molecule has 0 atom stereocenters. The van der Waals surface area contributed by atoms with Gasteiger partial charge in [0.25, 0.3) is 0 Å². The molecule has 1 radical (unpaired) electrons. The molecule has 0 N–H and O–H groups in total. The van der Waals surface area contributed by atoms with Crippen LogP contribution in [0.15, 0.2) is 54.6 Å². The zero-order valence-corrected chi connectivity index (χ0v) is 31.0. The number of aryl methyl sites for hydroxylation is 3. The standard InChI is InChI=1S/C23H24N.C18H26OP.Ir/c1-14(2)10-17-6-5-7-22-20(17)13-18-8-9-19-16(4)11-15(3)12-21(19)23(18)24-22;19-20(16-10-4-1-5-11-16,17-12-6-2-7-13-17)18-14-8-3-9-15-18;/h5-7,11,13-14H,8-10H2,1-4H3;1,4-5,10,17-18H,2-3,6-9,12-15H2;/q2*-1;. The fraction of sp³-hybridized carbons (Fsp3) is 0.488. The third-order valence-electron chi connectivity index (χ3n) is 10.4. The maximum atomic E-state index is 14.1. The van der Waals surface area contributed by atoms with Crippen LogP contribution in [-0.4, -0.2) is 16.3 Å². The minimum atomic E-state index is -2.28. The molecule has 0 saturated heterocycles. The summed E-state index contributed by atoms with van der Waals surface area (Å²) < 4.78 is 14.1. The average molecular weight is 796 g/mol. The van der Waals surface area contributed by atoms with Gasteiger partial charge in [0.15, 0.2) is 0 Å². The Hall–Kier alpha value is -2.05. The van der Waals surface area contributed by atoms with Crippen molar-refractivity contribution in [3.8, 4) is 11.3 Å². The maximum absolute atomic E-state index is 14.1. The zero-order chi connectivity index (χ0) is 30.7. The van der Waals surface area contributed by atoms with Gasteiger partial charge in [-0.15, -0.1) is 39.7 Å². The monoisotopic (exact) mass is 796 g/mol. The number of hydrogen-bond donors (Lipinski definition) is 0. The largest absolute Gasteiger partial charge is 0.320 e. The third kappa shape index (κ3) is 7.43. The second-order valence-corrected chi connectivity index (χ2v) is 17.5. The van der Waals surface area contributed by atoms with E-state index in [9.17, 15) is 4.57 Å². The van der Waals surface area contributed by atoms with Crippen LogP contribution in [0.1, 0.15) is 106 Å². The van der Waals surface area contributed by atoms with Crippen molar-refractivity contribution in [2.45, 2.75) is 122 Å². The minimum absolute atomic E-state index is 0. The molecule has 4 aromatic rings. The number of pyridine rings is 1. The Morgan fingerprint density at radius 2 is 1.56 bits per heavy atom. The Labute approximate surface area is 286 Å². The van der Waals surface area contributed by atoms with Gasteiger partial charge in [0, 0.05) is 36.8 Å². The van der Waals surface area contributed by atoms with E-state index in [1.54, 1.807) is 0 Å². The van der Waals surface area contributed by atoms with Crippen molar-refractivity contribution < 1.29 is 24.7 Å². The first-order valence-electron chi connectivity index (χ1n) is 17.4. The van der Waals surface area contributed by atoms with Gasteiger partial charge in [-0.2, -0.15) is 30.3 Å². The van der Waals surface area contributed by atoms with Gasteiger partial charge in [-0.05, 0) is 61.8 Å². The second-order valence-electron chi connectivity index (χ2n) is 14.1. The van der Waals surface area contributed by atoms with Crippen LogP contribution in [0.4, 0.5) is 0 Å². The Bertz CT molecular complexity index is 1610. The average Bonchev–Trinajstić information content (AvgIpc) is 3.05. The summed E-state index contributed by atoms with van der Waals surface area (Å²) in [4.78, 5) is 5.08. The van der Waals surface area contributed by atoms with E-state index < -0.39 is 7.14 Å². The number of nitrogens with zero attached hydrogens (tertiary/aromatic N) is 1. The molecule has 1 aromatic heterocycles. The summed E-state index contributed by atoms with van der Waals surface area (Å²) in [6.45, 7) is 8.90. The van der Waals surface area contributed by atoms with Gasteiger partial charge in [0.2, 0.25) is 0 Å². The van der Waals surface area contributed by atoms with Gasteiger partial charge in [-0.1, -0.05) is 96.4 Å². The van der Waals surface area contributed by atoms with Gasteiger partial charge in [0.05, 0.1) is 12.7 Å². The summed E-state index contributed by atoms with van der Waals surface area (Å²) >= 11 is 0. The summed E-state index contributed by atoms with van der Waals surface area (Å²) in [5.41, 5.74) is 11.2. The van der Waals surface area contributed by atoms with Gasteiger partial charge in [-0.3, -0.25) is 4.98 Å². The van der Waals surface area contributed by atoms with Crippen LogP contribution in [0.3, 0.4) is 0 Å². The maximum Gasteiger partial charge on any atom is 0.0978 e. The molecule has 1 heterocycles. The van der Waals surface area contributed by atoms with Crippen LogP contribution in [0.5, 0.6) is 0 Å². The topological polar surface area (TPSA) is 30.0 Å². The normalized spacial score (nSPS) is 17.2. The Morgan fingerprint density at radius 1 is 0.867 bits per heavy atom. The predicted octanol–water partition coefficient (Wildman–Crippen LogP) is 10.8. The summed E-state index contributed by atoms with van der Waals surface area (Å²) in [5.74, 6) is 0.658. The number of fused-ring (bicyclic) bond motifs is 4. The van der Waals surface area contributed by atoms with Crippen molar-refractivity contribution in [1.29, 1.82) is 0 Å². The molecule has 45 heavy (non-hydrogen) atoms. The molecule has 0 bridgehead atoms. The summed E-state index contributed by atoms with van der Waals surface area (Å²) in [6.07, 6.45) is 15.8. The van der Waals surface area contributed by atoms with E-state index in [0.717, 1.165) is 35.8 Å². The van der Waals surface area contributed by atoms with E-state index in [4.69, 9.17) is 4.98 Å². The van der Waals surface area contributed by atoms with Gasteiger partial charge in [0.1, 0.15) is 0 Å². The summed E-state index contributed by atoms with van der Waals surface area (Å²) in [7, 11) is -2.28. The van der Waals surface area contributed by atoms with E-state index in [1.807, 2.05) is 18.2 Å². The van der Waals surface area contributed by atoms with E-state index in [-0.39, 0.29) is 20.1 Å². The van der Waals surface area contributed by atoms with Crippen molar-refractivity contribution >= 4 is 23.3 Å². The van der Waals surface area contributed by atoms with E-state index in [0.29, 0.717) is 17.2 Å². The molecule has 0 amide bonds. The van der Waals surface area contributed by atoms with E-state index in [2.05, 4.69) is 76.2 Å². The summed E-state index contributed by atoms with van der Waals surface area (Å²) in [6, 6.07) is 26.2. The van der Waals surface area contributed by atoms with Crippen LogP contribution < -0.4 is 5.30 Å². The van der Waals surface area contributed by atoms with Crippen LogP contribution in [0.25, 0.3) is 22.2 Å².